The summed E-state index contributed by atoms with van der Waals surface area (Å²) in [6, 6.07) is 7.02. The van der Waals surface area contributed by atoms with Crippen molar-refractivity contribution in [1.29, 1.82) is 0 Å². The van der Waals surface area contributed by atoms with Crippen molar-refractivity contribution in [3.63, 3.8) is 0 Å². The molecule has 1 aliphatic rings. The minimum Gasteiger partial charge on any atom is -0.484 e. The van der Waals surface area contributed by atoms with Gasteiger partial charge in [-0.15, -0.1) is 0 Å². The predicted molar refractivity (Wildman–Crippen MR) is 87.5 cm³/mol. The number of carbonyl (C=O) groups is 2. The number of methoxy groups -OCH3 is 1. The van der Waals surface area contributed by atoms with Gasteiger partial charge < -0.3 is 14.8 Å². The molecule has 0 radical (unpaired) electrons. The maximum absolute atomic E-state index is 12.0. The van der Waals surface area contributed by atoms with E-state index in [0.29, 0.717) is 17.4 Å². The number of nitrogens with one attached hydrogen (secondary N) is 2. The molecule has 1 aromatic rings. The molecule has 2 amide bonds. The average molecular weight is 320 g/mol. The second-order valence-electron chi connectivity index (χ2n) is 5.87. The number of amides is 2. The largest absolute Gasteiger partial charge is 0.484 e. The zero-order valence-electron chi connectivity index (χ0n) is 13.6. The molecular weight excluding hydrogens is 296 g/mol. The van der Waals surface area contributed by atoms with Crippen molar-refractivity contribution in [3.05, 3.63) is 24.3 Å². The fourth-order valence-electron chi connectivity index (χ4n) is 2.73. The number of hydrogen-bond acceptors (Lipinski definition) is 4. The zero-order chi connectivity index (χ0) is 16.7. The van der Waals surface area contributed by atoms with E-state index in [1.807, 2.05) is 0 Å². The summed E-state index contributed by atoms with van der Waals surface area (Å²) in [5.74, 6) is 1.00. The second kappa shape index (κ2) is 8.41. The van der Waals surface area contributed by atoms with Crippen LogP contribution in [0.5, 0.6) is 5.75 Å². The molecule has 0 spiro atoms. The first-order valence-corrected chi connectivity index (χ1v) is 7.95. The van der Waals surface area contributed by atoms with Gasteiger partial charge in [0, 0.05) is 11.7 Å². The van der Waals surface area contributed by atoms with E-state index in [1.165, 1.54) is 26.4 Å². The molecule has 126 valence electrons. The third kappa shape index (κ3) is 5.47. The van der Waals surface area contributed by atoms with Crippen LogP contribution in [0.3, 0.4) is 0 Å². The maximum atomic E-state index is 12.0. The Labute approximate surface area is 136 Å². The fraction of sp³-hybridized carbons (Fsp3) is 0.529. The van der Waals surface area contributed by atoms with Gasteiger partial charge in [0.15, 0.2) is 6.61 Å². The summed E-state index contributed by atoms with van der Waals surface area (Å²) < 4.78 is 9.98. The number of benzene rings is 1. The van der Waals surface area contributed by atoms with Crippen LogP contribution in [0, 0.1) is 5.92 Å². The molecule has 6 heteroatoms. The Bertz CT molecular complexity index is 530. The Morgan fingerprint density at radius 1 is 1.17 bits per heavy atom. The highest BCUT2D eigenvalue weighted by Gasteiger charge is 2.22. The Balaban J connectivity index is 1.76. The monoisotopic (exact) mass is 320 g/mol. The molecule has 2 N–H and O–H groups in total. The smallest absolute Gasteiger partial charge is 0.411 e. The molecule has 1 fully saturated rings. The summed E-state index contributed by atoms with van der Waals surface area (Å²) in [5, 5.41) is 5.59. The Morgan fingerprint density at radius 3 is 2.52 bits per heavy atom. The fourth-order valence-corrected chi connectivity index (χ4v) is 2.73. The van der Waals surface area contributed by atoms with Gasteiger partial charge in [-0.2, -0.15) is 0 Å². The van der Waals surface area contributed by atoms with Crippen LogP contribution in [-0.2, 0) is 9.53 Å². The average Bonchev–Trinajstić information content (AvgIpc) is 2.56. The zero-order valence-corrected chi connectivity index (χ0v) is 13.6. The number of anilines is 1. The van der Waals surface area contributed by atoms with Crippen LogP contribution in [0.2, 0.25) is 0 Å². The lowest BCUT2D eigenvalue weighted by Gasteiger charge is -2.29. The highest BCUT2D eigenvalue weighted by Crippen LogP contribution is 2.23. The van der Waals surface area contributed by atoms with Gasteiger partial charge in [-0.05, 0) is 43.0 Å². The molecule has 0 bridgehead atoms. The molecule has 1 aromatic carbocycles. The molecule has 2 atom stereocenters. The number of carbonyl (C=O) groups excluding carboxylic acids is 2. The first kappa shape index (κ1) is 17.1. The molecule has 0 aliphatic heterocycles. The number of ether oxygens (including phenoxy) is 2. The lowest BCUT2D eigenvalue weighted by Crippen LogP contribution is -2.43. The van der Waals surface area contributed by atoms with Crippen molar-refractivity contribution in [2.45, 2.75) is 38.6 Å². The van der Waals surface area contributed by atoms with Crippen LogP contribution in [0.25, 0.3) is 0 Å². The molecule has 2 rings (SSSR count). The Hall–Kier alpha value is -2.24. The summed E-state index contributed by atoms with van der Waals surface area (Å²) in [5.41, 5.74) is 0.602. The Morgan fingerprint density at radius 2 is 1.87 bits per heavy atom. The van der Waals surface area contributed by atoms with Gasteiger partial charge in [0.25, 0.3) is 5.91 Å². The molecular formula is C17H24N2O4. The standard InChI is InChI=1S/C17H24N2O4/c1-12-5-3-4-6-15(12)19-16(20)11-23-14-9-7-13(8-10-14)18-17(21)22-2/h7-10,12,15H,3-6,11H2,1-2H3,(H,18,21)(H,19,20)/t12-,15+/m1/s1. The lowest BCUT2D eigenvalue weighted by atomic mass is 9.86. The van der Waals surface area contributed by atoms with Crippen molar-refractivity contribution >= 4 is 17.7 Å². The van der Waals surface area contributed by atoms with Crippen LogP contribution >= 0.6 is 0 Å². The maximum Gasteiger partial charge on any atom is 0.411 e. The minimum absolute atomic E-state index is 0.00695. The van der Waals surface area contributed by atoms with Gasteiger partial charge in [0.1, 0.15) is 5.75 Å². The van der Waals surface area contributed by atoms with Crippen molar-refractivity contribution in [1.82, 2.24) is 5.32 Å². The second-order valence-corrected chi connectivity index (χ2v) is 5.87. The quantitative estimate of drug-likeness (QED) is 0.874. The number of rotatable bonds is 5. The van der Waals surface area contributed by atoms with Crippen molar-refractivity contribution in [3.8, 4) is 5.75 Å². The summed E-state index contributed by atoms with van der Waals surface area (Å²) in [6.45, 7) is 2.17. The van der Waals surface area contributed by atoms with Gasteiger partial charge in [-0.25, -0.2) is 4.79 Å². The van der Waals surface area contributed by atoms with E-state index in [0.717, 1.165) is 6.42 Å². The summed E-state index contributed by atoms with van der Waals surface area (Å²) in [7, 11) is 1.30. The van der Waals surface area contributed by atoms with E-state index < -0.39 is 6.09 Å². The van der Waals surface area contributed by atoms with E-state index in [9.17, 15) is 9.59 Å². The van der Waals surface area contributed by atoms with Crippen molar-refractivity contribution in [2.24, 2.45) is 5.92 Å². The summed E-state index contributed by atoms with van der Waals surface area (Å²) >= 11 is 0. The topological polar surface area (TPSA) is 76.7 Å². The molecule has 0 unspecified atom stereocenters. The highest BCUT2D eigenvalue weighted by molar-refractivity contribution is 5.84. The molecule has 0 saturated heterocycles. The minimum atomic E-state index is -0.528. The SMILES string of the molecule is COC(=O)Nc1ccc(OCC(=O)N[C@H]2CCCC[C@H]2C)cc1. The van der Waals surface area contributed by atoms with Gasteiger partial charge in [-0.1, -0.05) is 19.8 Å². The highest BCUT2D eigenvalue weighted by atomic mass is 16.5. The summed E-state index contributed by atoms with van der Waals surface area (Å²) in [4.78, 5) is 23.1. The normalized spacial score (nSPS) is 20.4. The van der Waals surface area contributed by atoms with Gasteiger partial charge in [0.2, 0.25) is 0 Å². The first-order valence-electron chi connectivity index (χ1n) is 7.95. The first-order chi connectivity index (χ1) is 11.1. The lowest BCUT2D eigenvalue weighted by molar-refractivity contribution is -0.124. The van der Waals surface area contributed by atoms with Crippen LogP contribution in [-0.4, -0.2) is 31.8 Å². The molecule has 23 heavy (non-hydrogen) atoms. The molecule has 0 aromatic heterocycles. The van der Waals surface area contributed by atoms with Gasteiger partial charge in [-0.3, -0.25) is 10.1 Å². The van der Waals surface area contributed by atoms with Crippen LogP contribution in [0.4, 0.5) is 10.5 Å². The van der Waals surface area contributed by atoms with E-state index in [1.54, 1.807) is 24.3 Å². The van der Waals surface area contributed by atoms with Crippen LogP contribution in [0.15, 0.2) is 24.3 Å². The van der Waals surface area contributed by atoms with Gasteiger partial charge in [0.05, 0.1) is 7.11 Å². The van der Waals surface area contributed by atoms with E-state index in [2.05, 4.69) is 22.3 Å². The number of hydrogen-bond donors (Lipinski definition) is 2. The van der Waals surface area contributed by atoms with Crippen LogP contribution in [0.1, 0.15) is 32.6 Å². The summed E-state index contributed by atoms with van der Waals surface area (Å²) in [6.07, 6.45) is 4.10. The molecule has 6 nitrogen and oxygen atoms in total. The van der Waals surface area contributed by atoms with Gasteiger partial charge >= 0.3 is 6.09 Å². The van der Waals surface area contributed by atoms with Crippen molar-refractivity contribution in [2.75, 3.05) is 19.0 Å². The third-order valence-electron chi connectivity index (χ3n) is 4.11. The molecule has 0 heterocycles. The molecule has 1 saturated carbocycles. The van der Waals surface area contributed by atoms with E-state index in [-0.39, 0.29) is 18.6 Å². The van der Waals surface area contributed by atoms with E-state index in [4.69, 9.17) is 4.74 Å². The van der Waals surface area contributed by atoms with Crippen molar-refractivity contribution < 1.29 is 19.1 Å². The third-order valence-corrected chi connectivity index (χ3v) is 4.11. The molecule has 1 aliphatic carbocycles. The predicted octanol–water partition coefficient (Wildman–Crippen LogP) is 2.94. The Kier molecular flexibility index (Phi) is 6.26. The van der Waals surface area contributed by atoms with E-state index >= 15 is 0 Å². The van der Waals surface area contributed by atoms with Crippen LogP contribution < -0.4 is 15.4 Å².